The van der Waals surface area contributed by atoms with Gasteiger partial charge in [0.2, 0.25) is 5.91 Å². The molecule has 1 amide bonds. The Morgan fingerprint density at radius 2 is 1.76 bits per heavy atom. The summed E-state index contributed by atoms with van der Waals surface area (Å²) in [6.07, 6.45) is 2.40. The van der Waals surface area contributed by atoms with Crippen LogP contribution in [-0.4, -0.2) is 79.1 Å². The molecule has 3 aliphatic heterocycles. The van der Waals surface area contributed by atoms with E-state index in [0.29, 0.717) is 35.6 Å². The zero-order valence-electron chi connectivity index (χ0n) is 19.6. The number of ether oxygens (including phenoxy) is 1. The molecule has 3 heterocycles. The minimum absolute atomic E-state index is 0.124. The van der Waals surface area contributed by atoms with Gasteiger partial charge in [0, 0.05) is 57.1 Å². The highest BCUT2D eigenvalue weighted by molar-refractivity contribution is 6.42. The molecule has 0 spiro atoms. The number of halogens is 2. The molecule has 0 saturated carbocycles. The topological polar surface area (TPSA) is 36.0 Å². The second kappa shape index (κ2) is 10.5. The first-order valence-electron chi connectivity index (χ1n) is 12.3. The maximum atomic E-state index is 12.9. The number of likely N-dealkylation sites (tertiary alicyclic amines) is 2. The monoisotopic (exact) mass is 501 g/mol. The summed E-state index contributed by atoms with van der Waals surface area (Å²) in [5.74, 6) is 0.232. The number of hydrogen-bond donors (Lipinski definition) is 0. The van der Waals surface area contributed by atoms with Crippen LogP contribution >= 0.6 is 23.2 Å². The van der Waals surface area contributed by atoms with Gasteiger partial charge < -0.3 is 14.5 Å². The molecule has 3 aliphatic rings. The van der Waals surface area contributed by atoms with E-state index in [1.54, 1.807) is 0 Å². The zero-order valence-corrected chi connectivity index (χ0v) is 21.1. The van der Waals surface area contributed by atoms with E-state index in [9.17, 15) is 4.79 Å². The molecule has 3 saturated heterocycles. The summed E-state index contributed by atoms with van der Waals surface area (Å²) in [6.45, 7) is 8.39. The van der Waals surface area contributed by atoms with Crippen LogP contribution in [0.25, 0.3) is 0 Å². The minimum Gasteiger partial charge on any atom is -0.379 e. The number of piperidine rings is 1. The fourth-order valence-corrected chi connectivity index (χ4v) is 5.96. The van der Waals surface area contributed by atoms with Gasteiger partial charge in [-0.25, -0.2) is 0 Å². The second-order valence-electron chi connectivity index (χ2n) is 9.96. The number of rotatable bonds is 7. The molecule has 0 aliphatic carbocycles. The average molecular weight is 502 g/mol. The maximum Gasteiger partial charge on any atom is 0.222 e. The van der Waals surface area contributed by atoms with E-state index in [0.717, 1.165) is 64.3 Å². The highest BCUT2D eigenvalue weighted by Gasteiger charge is 2.42. The van der Waals surface area contributed by atoms with Gasteiger partial charge in [0.05, 0.1) is 23.3 Å². The van der Waals surface area contributed by atoms with Gasteiger partial charge in [-0.3, -0.25) is 9.69 Å². The van der Waals surface area contributed by atoms with Crippen LogP contribution in [0.4, 0.5) is 0 Å². The van der Waals surface area contributed by atoms with Crippen LogP contribution in [0.3, 0.4) is 0 Å². The van der Waals surface area contributed by atoms with E-state index in [-0.39, 0.29) is 11.3 Å². The van der Waals surface area contributed by atoms with E-state index in [4.69, 9.17) is 27.9 Å². The van der Waals surface area contributed by atoms with Crippen molar-refractivity contribution in [1.82, 2.24) is 14.7 Å². The molecule has 1 unspecified atom stereocenters. The van der Waals surface area contributed by atoms with Gasteiger partial charge in [-0.15, -0.1) is 0 Å². The van der Waals surface area contributed by atoms with Gasteiger partial charge in [-0.05, 0) is 42.6 Å². The fraction of sp³-hybridized carbons (Fsp3) is 0.519. The third-order valence-electron chi connectivity index (χ3n) is 7.82. The Morgan fingerprint density at radius 3 is 2.50 bits per heavy atom. The number of carbonyl (C=O) groups excluding carboxylic acids is 1. The van der Waals surface area contributed by atoms with Crippen LogP contribution in [0.2, 0.25) is 10.0 Å². The molecular weight excluding hydrogens is 469 g/mol. The van der Waals surface area contributed by atoms with E-state index in [2.05, 4.69) is 28.0 Å². The predicted molar refractivity (Wildman–Crippen MR) is 136 cm³/mol. The number of benzene rings is 2. The molecule has 0 radical (unpaired) electrons. The fourth-order valence-electron chi connectivity index (χ4n) is 5.67. The largest absolute Gasteiger partial charge is 0.379 e. The van der Waals surface area contributed by atoms with Crippen molar-refractivity contribution in [2.45, 2.75) is 37.3 Å². The first-order valence-corrected chi connectivity index (χ1v) is 13.1. The molecule has 3 fully saturated rings. The second-order valence-corrected chi connectivity index (χ2v) is 10.8. The predicted octanol–water partition coefficient (Wildman–Crippen LogP) is 4.46. The Balaban J connectivity index is 1.31. The van der Waals surface area contributed by atoms with Crippen molar-refractivity contribution in [3.05, 3.63) is 69.7 Å². The smallest absolute Gasteiger partial charge is 0.222 e. The van der Waals surface area contributed by atoms with Crippen LogP contribution in [0.15, 0.2) is 48.5 Å². The first kappa shape index (κ1) is 24.1. The summed E-state index contributed by atoms with van der Waals surface area (Å²) in [7, 11) is 0. The number of carbonyl (C=O) groups is 1. The lowest BCUT2D eigenvalue weighted by Gasteiger charge is -2.49. The van der Waals surface area contributed by atoms with Gasteiger partial charge >= 0.3 is 0 Å². The number of nitrogens with zero attached hydrogens (tertiary/aromatic N) is 3. The lowest BCUT2D eigenvalue weighted by Crippen LogP contribution is -2.62. The standard InChI is InChI=1S/C27H33Cl2N3O2/c28-24-7-6-22(16-25(24)29)27(10-11-30-18-23(19-30)31-12-14-34-15-13-31)9-8-26(33)32(20-27)17-21-4-2-1-3-5-21/h1-7,16,23H,8-15,17-20H2. The Bertz CT molecular complexity index is 993. The Hall–Kier alpha value is -1.63. The Kier molecular flexibility index (Phi) is 7.47. The molecule has 2 aromatic carbocycles. The van der Waals surface area contributed by atoms with Gasteiger partial charge in [-0.2, -0.15) is 0 Å². The molecule has 182 valence electrons. The van der Waals surface area contributed by atoms with Crippen molar-refractivity contribution in [3.8, 4) is 0 Å². The quantitative estimate of drug-likeness (QED) is 0.560. The lowest BCUT2D eigenvalue weighted by molar-refractivity contribution is -0.136. The summed E-state index contributed by atoms with van der Waals surface area (Å²) in [6, 6.07) is 16.9. The highest BCUT2D eigenvalue weighted by Crippen LogP contribution is 2.41. The highest BCUT2D eigenvalue weighted by atomic mass is 35.5. The molecule has 0 N–H and O–H groups in total. The number of morpholine rings is 1. The third kappa shape index (κ3) is 5.29. The van der Waals surface area contributed by atoms with E-state index in [1.807, 2.05) is 35.2 Å². The van der Waals surface area contributed by atoms with Crippen molar-refractivity contribution in [2.75, 3.05) is 52.5 Å². The van der Waals surface area contributed by atoms with Crippen LogP contribution in [0, 0.1) is 0 Å². The van der Waals surface area contributed by atoms with Gasteiger partial charge in [0.15, 0.2) is 0 Å². The summed E-state index contributed by atoms with van der Waals surface area (Å²) in [4.78, 5) is 20.1. The van der Waals surface area contributed by atoms with Crippen molar-refractivity contribution >= 4 is 29.1 Å². The van der Waals surface area contributed by atoms with Crippen molar-refractivity contribution in [1.29, 1.82) is 0 Å². The summed E-state index contributed by atoms with van der Waals surface area (Å²) < 4.78 is 5.51. The van der Waals surface area contributed by atoms with Crippen molar-refractivity contribution in [2.24, 2.45) is 0 Å². The van der Waals surface area contributed by atoms with Crippen LogP contribution in [0.1, 0.15) is 30.4 Å². The van der Waals surface area contributed by atoms with E-state index >= 15 is 0 Å². The van der Waals surface area contributed by atoms with Crippen LogP contribution < -0.4 is 0 Å². The van der Waals surface area contributed by atoms with Crippen molar-refractivity contribution < 1.29 is 9.53 Å². The first-order chi connectivity index (χ1) is 16.5. The molecule has 34 heavy (non-hydrogen) atoms. The molecule has 0 bridgehead atoms. The lowest BCUT2D eigenvalue weighted by atomic mass is 9.71. The maximum absolute atomic E-state index is 12.9. The summed E-state index contributed by atoms with van der Waals surface area (Å²) in [5.41, 5.74) is 2.23. The third-order valence-corrected chi connectivity index (χ3v) is 8.56. The summed E-state index contributed by atoms with van der Waals surface area (Å²) in [5, 5.41) is 1.16. The zero-order chi connectivity index (χ0) is 23.5. The number of amides is 1. The van der Waals surface area contributed by atoms with E-state index < -0.39 is 0 Å². The molecular formula is C27H33Cl2N3O2. The Morgan fingerprint density at radius 1 is 1.00 bits per heavy atom. The molecule has 5 rings (SSSR count). The minimum atomic E-state index is -0.124. The van der Waals surface area contributed by atoms with E-state index in [1.165, 1.54) is 5.56 Å². The Labute approximate surface area is 212 Å². The molecule has 2 aromatic rings. The van der Waals surface area contributed by atoms with Gasteiger partial charge in [0.25, 0.3) is 0 Å². The SMILES string of the molecule is O=C1CCC(CCN2CC(N3CCOCC3)C2)(c2ccc(Cl)c(Cl)c2)CN1Cc1ccccc1. The molecule has 0 aromatic heterocycles. The average Bonchev–Trinajstić information content (AvgIpc) is 2.83. The molecule has 1 atom stereocenters. The van der Waals surface area contributed by atoms with Gasteiger partial charge in [-0.1, -0.05) is 59.6 Å². The van der Waals surface area contributed by atoms with Gasteiger partial charge in [0.1, 0.15) is 0 Å². The summed E-state index contributed by atoms with van der Waals surface area (Å²) >= 11 is 12.7. The van der Waals surface area contributed by atoms with Crippen LogP contribution in [0.5, 0.6) is 0 Å². The normalized spacial score (nSPS) is 24.9. The molecule has 5 nitrogen and oxygen atoms in total. The molecule has 7 heteroatoms. The van der Waals surface area contributed by atoms with Crippen LogP contribution in [-0.2, 0) is 21.5 Å². The van der Waals surface area contributed by atoms with Crippen molar-refractivity contribution in [3.63, 3.8) is 0 Å². The number of hydrogen-bond acceptors (Lipinski definition) is 4.